The van der Waals surface area contributed by atoms with Gasteiger partial charge in [-0.25, -0.2) is 0 Å². The van der Waals surface area contributed by atoms with Crippen LogP contribution in [0.5, 0.6) is 0 Å². The van der Waals surface area contributed by atoms with E-state index in [9.17, 15) is 0 Å². The molecule has 112 valence electrons. The molecule has 0 saturated carbocycles. The molecule has 0 atom stereocenters. The van der Waals surface area contributed by atoms with Crippen LogP contribution >= 0.6 is 0 Å². The van der Waals surface area contributed by atoms with Crippen LogP contribution in [0.4, 0.5) is 0 Å². The van der Waals surface area contributed by atoms with E-state index in [-0.39, 0.29) is 6.61 Å². The van der Waals surface area contributed by atoms with Crippen LogP contribution in [0.25, 0.3) is 11.3 Å². The lowest BCUT2D eigenvalue weighted by molar-refractivity contribution is 0.108. The fourth-order valence-electron chi connectivity index (χ4n) is 1.88. The number of amidine groups is 1. The average Bonchev–Trinajstić information content (AvgIpc) is 2.87. The Morgan fingerprint density at radius 1 is 1.33 bits per heavy atom. The molecule has 0 saturated heterocycles. The number of oxime groups is 1. The molecule has 1 aromatic heterocycles. The van der Waals surface area contributed by atoms with Crippen LogP contribution in [-0.2, 0) is 11.4 Å². The zero-order chi connectivity index (χ0) is 15.2. The van der Waals surface area contributed by atoms with E-state index in [2.05, 4.69) is 24.2 Å². The summed E-state index contributed by atoms with van der Waals surface area (Å²) in [5.74, 6) is 1.56. The molecule has 0 bridgehead atoms. The Morgan fingerprint density at radius 2 is 2.05 bits per heavy atom. The Kier molecular flexibility index (Phi) is 4.98. The van der Waals surface area contributed by atoms with Crippen molar-refractivity contribution < 1.29 is 9.36 Å². The molecule has 2 rings (SSSR count). The number of aromatic nitrogens is 1. The molecular formula is C16H21N3O2. The van der Waals surface area contributed by atoms with Gasteiger partial charge >= 0.3 is 0 Å². The molecule has 1 heterocycles. The summed E-state index contributed by atoms with van der Waals surface area (Å²) in [4.78, 5) is 5.18. The lowest BCUT2D eigenvalue weighted by atomic mass is 10.1. The number of aryl methyl sites for hydroxylation is 1. The standard InChI is InChI=1S/C16H21N3O2/c1-11(2)8-16(17)19-20-10-14-9-15(18-21-14)13-6-4-12(3)5-7-13/h4-7,9,11H,8,10H2,1-3H3,(H2,17,19). The van der Waals surface area contributed by atoms with E-state index in [0.717, 1.165) is 11.3 Å². The highest BCUT2D eigenvalue weighted by Gasteiger charge is 2.07. The van der Waals surface area contributed by atoms with Crippen LogP contribution in [0.15, 0.2) is 40.0 Å². The zero-order valence-corrected chi connectivity index (χ0v) is 12.7. The SMILES string of the molecule is Cc1ccc(-c2cc(CO/N=C(\N)CC(C)C)on2)cc1. The van der Waals surface area contributed by atoms with Crippen LogP contribution in [0, 0.1) is 12.8 Å². The summed E-state index contributed by atoms with van der Waals surface area (Å²) in [5, 5.41) is 7.89. The Labute approximate surface area is 124 Å². The van der Waals surface area contributed by atoms with Gasteiger partial charge in [0.05, 0.1) is 0 Å². The molecule has 5 heteroatoms. The molecule has 0 aliphatic heterocycles. The van der Waals surface area contributed by atoms with Crippen LogP contribution in [-0.4, -0.2) is 11.0 Å². The number of hydrogen-bond acceptors (Lipinski definition) is 4. The van der Waals surface area contributed by atoms with Crippen molar-refractivity contribution in [1.29, 1.82) is 0 Å². The highest BCUT2D eigenvalue weighted by Crippen LogP contribution is 2.20. The maximum Gasteiger partial charge on any atom is 0.177 e. The van der Waals surface area contributed by atoms with E-state index in [0.29, 0.717) is 23.9 Å². The van der Waals surface area contributed by atoms with Crippen molar-refractivity contribution in [2.75, 3.05) is 0 Å². The van der Waals surface area contributed by atoms with Gasteiger partial charge in [0.15, 0.2) is 12.4 Å². The largest absolute Gasteiger partial charge is 0.386 e. The Morgan fingerprint density at radius 3 is 2.71 bits per heavy atom. The second-order valence-electron chi connectivity index (χ2n) is 5.50. The summed E-state index contributed by atoms with van der Waals surface area (Å²) < 4.78 is 5.23. The lowest BCUT2D eigenvalue weighted by Gasteiger charge is -2.02. The quantitative estimate of drug-likeness (QED) is 0.501. The summed E-state index contributed by atoms with van der Waals surface area (Å²) in [5.41, 5.74) is 8.73. The first-order valence-electron chi connectivity index (χ1n) is 7.01. The summed E-state index contributed by atoms with van der Waals surface area (Å²) in [7, 11) is 0. The molecule has 0 radical (unpaired) electrons. The van der Waals surface area contributed by atoms with Gasteiger partial charge in [-0.3, -0.25) is 0 Å². The first-order chi connectivity index (χ1) is 10.0. The summed E-state index contributed by atoms with van der Waals surface area (Å²) in [6, 6.07) is 9.94. The molecule has 2 aromatic rings. The van der Waals surface area contributed by atoms with Crippen LogP contribution in [0.2, 0.25) is 0 Å². The van der Waals surface area contributed by atoms with E-state index in [1.165, 1.54) is 5.56 Å². The minimum atomic E-state index is 0.220. The van der Waals surface area contributed by atoms with Crippen molar-refractivity contribution >= 4 is 5.84 Å². The van der Waals surface area contributed by atoms with Crippen molar-refractivity contribution in [3.8, 4) is 11.3 Å². The van der Waals surface area contributed by atoms with Crippen molar-refractivity contribution in [1.82, 2.24) is 5.16 Å². The van der Waals surface area contributed by atoms with E-state index in [1.807, 2.05) is 37.3 Å². The minimum absolute atomic E-state index is 0.220. The highest BCUT2D eigenvalue weighted by atomic mass is 16.6. The molecule has 5 nitrogen and oxygen atoms in total. The molecule has 0 spiro atoms. The highest BCUT2D eigenvalue weighted by molar-refractivity contribution is 5.79. The summed E-state index contributed by atoms with van der Waals surface area (Å²) >= 11 is 0. The van der Waals surface area contributed by atoms with Gasteiger partial charge in [0, 0.05) is 18.1 Å². The topological polar surface area (TPSA) is 73.6 Å². The third kappa shape index (κ3) is 4.63. The van der Waals surface area contributed by atoms with E-state index >= 15 is 0 Å². The second-order valence-corrected chi connectivity index (χ2v) is 5.50. The smallest absolute Gasteiger partial charge is 0.177 e. The number of hydrogen-bond donors (Lipinski definition) is 1. The van der Waals surface area contributed by atoms with Gasteiger partial charge in [0.2, 0.25) is 0 Å². The Hall–Kier alpha value is -2.30. The molecule has 0 amide bonds. The summed E-state index contributed by atoms with van der Waals surface area (Å²) in [6.45, 7) is 6.42. The van der Waals surface area contributed by atoms with E-state index in [1.54, 1.807) is 0 Å². The maximum atomic E-state index is 5.73. The first-order valence-corrected chi connectivity index (χ1v) is 7.01. The van der Waals surface area contributed by atoms with Crippen molar-refractivity contribution in [3.05, 3.63) is 41.7 Å². The maximum absolute atomic E-state index is 5.73. The normalized spacial score (nSPS) is 11.9. The van der Waals surface area contributed by atoms with Gasteiger partial charge in [0.1, 0.15) is 11.5 Å². The van der Waals surface area contributed by atoms with Crippen molar-refractivity contribution in [3.63, 3.8) is 0 Å². The molecular weight excluding hydrogens is 266 g/mol. The number of nitrogens with zero attached hydrogens (tertiary/aromatic N) is 2. The predicted octanol–water partition coefficient (Wildman–Crippen LogP) is 3.48. The lowest BCUT2D eigenvalue weighted by Crippen LogP contribution is -2.14. The molecule has 1 aromatic carbocycles. The van der Waals surface area contributed by atoms with Gasteiger partial charge in [-0.05, 0) is 12.8 Å². The minimum Gasteiger partial charge on any atom is -0.386 e. The van der Waals surface area contributed by atoms with Crippen molar-refractivity contribution in [2.24, 2.45) is 16.8 Å². The van der Waals surface area contributed by atoms with Gasteiger partial charge in [-0.2, -0.15) is 0 Å². The van der Waals surface area contributed by atoms with Gasteiger partial charge in [-0.15, -0.1) is 0 Å². The number of nitrogens with two attached hydrogens (primary N) is 1. The molecule has 21 heavy (non-hydrogen) atoms. The van der Waals surface area contributed by atoms with Gasteiger partial charge in [0.25, 0.3) is 0 Å². The molecule has 2 N–H and O–H groups in total. The van der Waals surface area contributed by atoms with Crippen LogP contribution in [0.3, 0.4) is 0 Å². The molecule has 0 unspecified atom stereocenters. The Bertz CT molecular complexity index is 600. The van der Waals surface area contributed by atoms with Crippen LogP contribution in [0.1, 0.15) is 31.6 Å². The molecule has 0 aliphatic carbocycles. The van der Waals surface area contributed by atoms with E-state index < -0.39 is 0 Å². The van der Waals surface area contributed by atoms with Crippen LogP contribution < -0.4 is 5.73 Å². The average molecular weight is 287 g/mol. The molecule has 0 fully saturated rings. The van der Waals surface area contributed by atoms with Crippen molar-refractivity contribution in [2.45, 2.75) is 33.8 Å². The van der Waals surface area contributed by atoms with Gasteiger partial charge in [-0.1, -0.05) is 54.0 Å². The molecule has 0 aliphatic rings. The monoisotopic (exact) mass is 287 g/mol. The first kappa shape index (κ1) is 15.1. The third-order valence-corrected chi connectivity index (χ3v) is 2.91. The van der Waals surface area contributed by atoms with Gasteiger partial charge < -0.3 is 15.1 Å². The fraction of sp³-hybridized carbons (Fsp3) is 0.375. The Balaban J connectivity index is 1.93. The number of benzene rings is 1. The third-order valence-electron chi connectivity index (χ3n) is 2.91. The second kappa shape index (κ2) is 6.92. The predicted molar refractivity (Wildman–Crippen MR) is 82.5 cm³/mol. The van der Waals surface area contributed by atoms with E-state index in [4.69, 9.17) is 15.1 Å². The zero-order valence-electron chi connectivity index (χ0n) is 12.7. The fourth-order valence-corrected chi connectivity index (χ4v) is 1.88. The number of rotatable bonds is 6. The summed E-state index contributed by atoms with van der Waals surface area (Å²) in [6.07, 6.45) is 0.713.